The van der Waals surface area contributed by atoms with E-state index in [1.807, 2.05) is 56.7 Å². The van der Waals surface area contributed by atoms with Crippen LogP contribution in [0.2, 0.25) is 0 Å². The quantitative estimate of drug-likeness (QED) is 0.652. The van der Waals surface area contributed by atoms with Gasteiger partial charge in [-0.25, -0.2) is 0 Å². The summed E-state index contributed by atoms with van der Waals surface area (Å²) < 4.78 is 2.04. The fourth-order valence-corrected chi connectivity index (χ4v) is 1.70. The third-order valence-corrected chi connectivity index (χ3v) is 2.57. The van der Waals surface area contributed by atoms with Crippen molar-refractivity contribution in [3.8, 4) is 0 Å². The van der Waals surface area contributed by atoms with Crippen LogP contribution in [0, 0.1) is 6.92 Å². The summed E-state index contributed by atoms with van der Waals surface area (Å²) in [5, 5.41) is 1.04. The number of rotatable bonds is 1. The van der Waals surface area contributed by atoms with Crippen LogP contribution in [-0.4, -0.2) is 10.9 Å². The number of hydrogen-bond donors (Lipinski definition) is 0. The Hall–Kier alpha value is -1.57. The topological polar surface area (TPSA) is 22.0 Å². The number of carbonyl (C=O) groups excluding carboxylic acids is 1. The van der Waals surface area contributed by atoms with Gasteiger partial charge in [-0.05, 0) is 13.0 Å². The van der Waals surface area contributed by atoms with Crippen LogP contribution < -0.4 is 0 Å². The second kappa shape index (κ2) is 4.78. The summed E-state index contributed by atoms with van der Waals surface area (Å²) in [6.07, 6.45) is 0.928. The summed E-state index contributed by atoms with van der Waals surface area (Å²) in [6, 6.07) is 7.94. The molecule has 0 fully saturated rings. The lowest BCUT2D eigenvalue weighted by Crippen LogP contribution is -1.91. The highest BCUT2D eigenvalue weighted by Crippen LogP contribution is 2.22. The minimum Gasteiger partial charge on any atom is -0.347 e. The Morgan fingerprint density at radius 1 is 1.20 bits per heavy atom. The molecular weight excluding hydrogens is 186 g/mol. The van der Waals surface area contributed by atoms with Crippen molar-refractivity contribution in [3.05, 3.63) is 35.5 Å². The first kappa shape index (κ1) is 11.5. The first-order chi connectivity index (χ1) is 7.25. The lowest BCUT2D eigenvalue weighted by atomic mass is 10.1. The Bertz CT molecular complexity index is 469. The average Bonchev–Trinajstić information content (AvgIpc) is 2.55. The number of nitrogens with zero attached hydrogens (tertiary/aromatic N) is 1. The lowest BCUT2D eigenvalue weighted by molar-refractivity contribution is 0.112. The van der Waals surface area contributed by atoms with E-state index >= 15 is 0 Å². The molecule has 15 heavy (non-hydrogen) atoms. The fourth-order valence-electron chi connectivity index (χ4n) is 1.70. The van der Waals surface area contributed by atoms with Crippen molar-refractivity contribution in [2.24, 2.45) is 7.05 Å². The highest BCUT2D eigenvalue weighted by atomic mass is 16.1. The fraction of sp³-hybridized carbons (Fsp3) is 0.308. The summed E-state index contributed by atoms with van der Waals surface area (Å²) in [5.74, 6) is 0. The lowest BCUT2D eigenvalue weighted by Gasteiger charge is -1.96. The van der Waals surface area contributed by atoms with Crippen LogP contribution in [0.3, 0.4) is 0 Å². The van der Waals surface area contributed by atoms with Crippen LogP contribution in [-0.2, 0) is 7.05 Å². The molecule has 1 heterocycles. The molecule has 0 unspecified atom stereocenters. The van der Waals surface area contributed by atoms with Crippen LogP contribution in [0.15, 0.2) is 24.3 Å². The van der Waals surface area contributed by atoms with Gasteiger partial charge in [-0.15, -0.1) is 0 Å². The van der Waals surface area contributed by atoms with Crippen LogP contribution in [0.4, 0.5) is 0 Å². The third kappa shape index (κ3) is 1.80. The first-order valence-corrected chi connectivity index (χ1v) is 5.25. The van der Waals surface area contributed by atoms with Crippen LogP contribution in [0.25, 0.3) is 10.9 Å². The number of aromatic nitrogens is 1. The zero-order valence-corrected chi connectivity index (χ0v) is 9.74. The zero-order chi connectivity index (χ0) is 11.4. The molecule has 0 saturated carbocycles. The molecule has 1 aromatic heterocycles. The maximum atomic E-state index is 10.8. The van der Waals surface area contributed by atoms with Gasteiger partial charge in [0.2, 0.25) is 0 Å². The van der Waals surface area contributed by atoms with Crippen molar-refractivity contribution < 1.29 is 4.79 Å². The van der Waals surface area contributed by atoms with E-state index in [1.165, 1.54) is 0 Å². The number of hydrogen-bond acceptors (Lipinski definition) is 1. The molecule has 0 radical (unpaired) electrons. The second-order valence-corrected chi connectivity index (χ2v) is 3.19. The van der Waals surface area contributed by atoms with Gasteiger partial charge in [-0.3, -0.25) is 4.79 Å². The molecular formula is C13H17NO. The largest absolute Gasteiger partial charge is 0.347 e. The molecule has 2 aromatic rings. The van der Waals surface area contributed by atoms with E-state index in [-0.39, 0.29) is 0 Å². The predicted octanol–water partition coefficient (Wildman–Crippen LogP) is 3.33. The molecule has 80 valence electrons. The molecule has 0 atom stereocenters. The van der Waals surface area contributed by atoms with Gasteiger partial charge in [0.15, 0.2) is 6.29 Å². The highest BCUT2D eigenvalue weighted by Gasteiger charge is 2.09. The second-order valence-electron chi connectivity index (χ2n) is 3.19. The minimum absolute atomic E-state index is 0.804. The molecule has 2 rings (SSSR count). The number of fused-ring (bicyclic) bond motifs is 1. The van der Waals surface area contributed by atoms with Crippen LogP contribution in [0.1, 0.15) is 29.9 Å². The van der Waals surface area contributed by atoms with E-state index in [9.17, 15) is 4.79 Å². The SMILES string of the molecule is CC.Cc1c(C=O)c2ccccc2n1C. The predicted molar refractivity (Wildman–Crippen MR) is 64.4 cm³/mol. The Morgan fingerprint density at radius 3 is 2.40 bits per heavy atom. The molecule has 0 spiro atoms. The number of para-hydroxylation sites is 1. The van der Waals surface area contributed by atoms with E-state index in [2.05, 4.69) is 0 Å². The average molecular weight is 203 g/mol. The number of benzene rings is 1. The molecule has 0 aliphatic carbocycles. The van der Waals surface area contributed by atoms with Crippen molar-refractivity contribution in [1.82, 2.24) is 4.57 Å². The van der Waals surface area contributed by atoms with Gasteiger partial charge in [0.05, 0.1) is 0 Å². The molecule has 1 aromatic carbocycles. The Labute approximate surface area is 90.5 Å². The third-order valence-electron chi connectivity index (χ3n) is 2.57. The maximum Gasteiger partial charge on any atom is 0.152 e. The van der Waals surface area contributed by atoms with Gasteiger partial charge < -0.3 is 4.57 Å². The summed E-state index contributed by atoms with van der Waals surface area (Å²) in [5.41, 5.74) is 2.94. The zero-order valence-electron chi connectivity index (χ0n) is 9.74. The van der Waals surface area contributed by atoms with Crippen molar-refractivity contribution in [1.29, 1.82) is 0 Å². The summed E-state index contributed by atoms with van der Waals surface area (Å²) in [4.78, 5) is 10.8. The smallest absolute Gasteiger partial charge is 0.152 e. The van der Waals surface area contributed by atoms with E-state index in [4.69, 9.17) is 0 Å². The summed E-state index contributed by atoms with van der Waals surface area (Å²) >= 11 is 0. The molecule has 0 N–H and O–H groups in total. The minimum atomic E-state index is 0.804. The van der Waals surface area contributed by atoms with E-state index in [0.29, 0.717) is 0 Å². The van der Waals surface area contributed by atoms with Gasteiger partial charge in [0.25, 0.3) is 0 Å². The van der Waals surface area contributed by atoms with Gasteiger partial charge in [0.1, 0.15) is 0 Å². The van der Waals surface area contributed by atoms with Crippen molar-refractivity contribution in [2.45, 2.75) is 20.8 Å². The van der Waals surface area contributed by atoms with E-state index in [0.717, 1.165) is 28.4 Å². The molecule has 0 aliphatic rings. The normalized spacial score (nSPS) is 9.60. The van der Waals surface area contributed by atoms with Crippen LogP contribution in [0.5, 0.6) is 0 Å². The first-order valence-electron chi connectivity index (χ1n) is 5.25. The summed E-state index contributed by atoms with van der Waals surface area (Å²) in [6.45, 7) is 5.96. The number of aldehydes is 1. The maximum absolute atomic E-state index is 10.8. The Morgan fingerprint density at radius 2 is 1.80 bits per heavy atom. The molecule has 0 aliphatic heterocycles. The molecule has 0 saturated heterocycles. The molecule has 2 heteroatoms. The monoisotopic (exact) mass is 203 g/mol. The molecule has 0 amide bonds. The molecule has 0 bridgehead atoms. The summed E-state index contributed by atoms with van der Waals surface area (Å²) in [7, 11) is 1.98. The Balaban J connectivity index is 0.000000531. The van der Waals surface area contributed by atoms with Gasteiger partial charge in [-0.2, -0.15) is 0 Å². The van der Waals surface area contributed by atoms with Gasteiger partial charge in [-0.1, -0.05) is 32.0 Å². The molecule has 2 nitrogen and oxygen atoms in total. The van der Waals surface area contributed by atoms with Crippen molar-refractivity contribution >= 4 is 17.2 Å². The van der Waals surface area contributed by atoms with Crippen molar-refractivity contribution in [3.63, 3.8) is 0 Å². The number of carbonyl (C=O) groups is 1. The van der Waals surface area contributed by atoms with E-state index < -0.39 is 0 Å². The highest BCUT2D eigenvalue weighted by molar-refractivity contribution is 5.99. The Kier molecular flexibility index (Phi) is 3.67. The van der Waals surface area contributed by atoms with Gasteiger partial charge in [0, 0.05) is 29.2 Å². The van der Waals surface area contributed by atoms with Crippen molar-refractivity contribution in [2.75, 3.05) is 0 Å². The van der Waals surface area contributed by atoms with Gasteiger partial charge >= 0.3 is 0 Å². The number of aryl methyl sites for hydroxylation is 1. The van der Waals surface area contributed by atoms with E-state index in [1.54, 1.807) is 0 Å². The standard InChI is InChI=1S/C11H11NO.C2H6/c1-8-10(7-13)9-5-3-4-6-11(9)12(8)2;1-2/h3-7H,1-2H3;1-2H3. The van der Waals surface area contributed by atoms with Crippen LogP contribution >= 0.6 is 0 Å².